The van der Waals surface area contributed by atoms with Crippen molar-refractivity contribution in [1.29, 1.82) is 0 Å². The van der Waals surface area contributed by atoms with E-state index in [9.17, 15) is 9.59 Å². The van der Waals surface area contributed by atoms with Crippen molar-refractivity contribution in [2.24, 2.45) is 7.05 Å². The van der Waals surface area contributed by atoms with E-state index in [0.29, 0.717) is 22.8 Å². The molecule has 8 nitrogen and oxygen atoms in total. The zero-order valence-corrected chi connectivity index (χ0v) is 19.1. The molecule has 2 aromatic heterocycles. The molecule has 0 radical (unpaired) electrons. The van der Waals surface area contributed by atoms with Gasteiger partial charge in [0.15, 0.2) is 11.5 Å². The summed E-state index contributed by atoms with van der Waals surface area (Å²) in [4.78, 5) is 24.7. The summed E-state index contributed by atoms with van der Waals surface area (Å²) < 4.78 is 12.9. The number of carbonyl (C=O) groups excluding carboxylic acids is 2. The number of aryl methyl sites for hydroxylation is 2. The number of furan rings is 1. The van der Waals surface area contributed by atoms with E-state index in [1.807, 2.05) is 12.1 Å². The van der Waals surface area contributed by atoms with Gasteiger partial charge in [-0.05, 0) is 66.6 Å². The van der Waals surface area contributed by atoms with Crippen molar-refractivity contribution in [3.8, 4) is 5.75 Å². The molecule has 0 saturated heterocycles. The summed E-state index contributed by atoms with van der Waals surface area (Å²) in [5.41, 5.74) is 2.76. The van der Waals surface area contributed by atoms with Crippen LogP contribution < -0.4 is 15.4 Å². The van der Waals surface area contributed by atoms with E-state index >= 15 is 0 Å². The van der Waals surface area contributed by atoms with Gasteiger partial charge in [-0.3, -0.25) is 14.3 Å². The van der Waals surface area contributed by atoms with Gasteiger partial charge in [0, 0.05) is 24.6 Å². The molecular formula is C26H26N4O4. The minimum atomic E-state index is -0.375. The smallest absolute Gasteiger partial charge is 0.291 e. The van der Waals surface area contributed by atoms with Crippen LogP contribution in [-0.4, -0.2) is 21.6 Å². The van der Waals surface area contributed by atoms with Crippen LogP contribution in [0.3, 0.4) is 0 Å². The highest BCUT2D eigenvalue weighted by molar-refractivity contribution is 6.04. The predicted molar refractivity (Wildman–Crippen MR) is 129 cm³/mol. The molecule has 4 rings (SSSR count). The van der Waals surface area contributed by atoms with Crippen LogP contribution in [0.2, 0.25) is 0 Å². The molecule has 2 aromatic carbocycles. The predicted octanol–water partition coefficient (Wildman–Crippen LogP) is 5.05. The van der Waals surface area contributed by atoms with Gasteiger partial charge in [-0.25, -0.2) is 0 Å². The quantitative estimate of drug-likeness (QED) is 0.366. The Morgan fingerprint density at radius 3 is 2.21 bits per heavy atom. The molecule has 0 saturated carbocycles. The van der Waals surface area contributed by atoms with E-state index in [-0.39, 0.29) is 24.2 Å². The summed E-state index contributed by atoms with van der Waals surface area (Å²) in [6.45, 7) is 2.37. The lowest BCUT2D eigenvalue weighted by Gasteiger charge is -2.07. The maximum absolute atomic E-state index is 12.5. The van der Waals surface area contributed by atoms with Gasteiger partial charge in [0.25, 0.3) is 11.8 Å². The first-order chi connectivity index (χ1) is 16.5. The van der Waals surface area contributed by atoms with Gasteiger partial charge in [-0.1, -0.05) is 25.5 Å². The topological polar surface area (TPSA) is 98.4 Å². The Morgan fingerprint density at radius 2 is 1.59 bits per heavy atom. The van der Waals surface area contributed by atoms with Gasteiger partial charge < -0.3 is 19.8 Å². The van der Waals surface area contributed by atoms with E-state index in [4.69, 9.17) is 9.15 Å². The second-order valence-electron chi connectivity index (χ2n) is 7.81. The van der Waals surface area contributed by atoms with Crippen LogP contribution in [-0.2, 0) is 20.1 Å². The maximum atomic E-state index is 12.5. The van der Waals surface area contributed by atoms with Gasteiger partial charge in [-0.2, -0.15) is 5.10 Å². The van der Waals surface area contributed by atoms with Crippen molar-refractivity contribution in [3.05, 3.63) is 95.7 Å². The zero-order valence-electron chi connectivity index (χ0n) is 19.1. The number of nitrogens with one attached hydrogen (secondary N) is 2. The molecule has 0 atom stereocenters. The first-order valence-corrected chi connectivity index (χ1v) is 11.0. The van der Waals surface area contributed by atoms with Crippen LogP contribution in [0.15, 0.2) is 77.3 Å². The summed E-state index contributed by atoms with van der Waals surface area (Å²) in [7, 11) is 1.75. The van der Waals surface area contributed by atoms with Crippen molar-refractivity contribution in [2.75, 3.05) is 10.6 Å². The van der Waals surface area contributed by atoms with E-state index in [1.54, 1.807) is 60.4 Å². The van der Waals surface area contributed by atoms with Crippen LogP contribution in [0.4, 0.5) is 11.4 Å². The zero-order chi connectivity index (χ0) is 23.9. The highest BCUT2D eigenvalue weighted by atomic mass is 16.5. The van der Waals surface area contributed by atoms with E-state index < -0.39 is 0 Å². The normalized spacial score (nSPS) is 10.6. The van der Waals surface area contributed by atoms with Gasteiger partial charge in [0.1, 0.15) is 18.1 Å². The fourth-order valence-corrected chi connectivity index (χ4v) is 3.33. The van der Waals surface area contributed by atoms with Crippen LogP contribution >= 0.6 is 0 Å². The molecule has 34 heavy (non-hydrogen) atoms. The second-order valence-corrected chi connectivity index (χ2v) is 7.81. The van der Waals surface area contributed by atoms with Gasteiger partial charge in [0.05, 0.1) is 0 Å². The number of amides is 2. The SMILES string of the molecule is CCCc1ccc(OCc2ccc(C(=O)Nc3ccc(NC(=O)c4ccn(C)n4)cc3)o2)cc1. The van der Waals surface area contributed by atoms with Gasteiger partial charge >= 0.3 is 0 Å². The van der Waals surface area contributed by atoms with E-state index in [0.717, 1.165) is 18.6 Å². The summed E-state index contributed by atoms with van der Waals surface area (Å²) in [5, 5.41) is 9.61. The van der Waals surface area contributed by atoms with E-state index in [2.05, 4.69) is 34.8 Å². The molecular weight excluding hydrogens is 432 g/mol. The first kappa shape index (κ1) is 22.8. The third-order valence-corrected chi connectivity index (χ3v) is 5.08. The number of aromatic nitrogens is 2. The number of carbonyl (C=O) groups is 2. The first-order valence-electron chi connectivity index (χ1n) is 11.0. The van der Waals surface area contributed by atoms with Crippen molar-refractivity contribution in [1.82, 2.24) is 9.78 Å². The summed E-state index contributed by atoms with van der Waals surface area (Å²) >= 11 is 0. The Hall–Kier alpha value is -4.33. The van der Waals surface area contributed by atoms with Crippen LogP contribution in [0.1, 0.15) is 45.7 Å². The molecule has 0 aliphatic carbocycles. The lowest BCUT2D eigenvalue weighted by molar-refractivity contribution is 0.0990. The van der Waals surface area contributed by atoms with Gasteiger partial charge in [-0.15, -0.1) is 0 Å². The van der Waals surface area contributed by atoms with Crippen molar-refractivity contribution in [3.63, 3.8) is 0 Å². The third-order valence-electron chi connectivity index (χ3n) is 5.08. The number of hydrogen-bond donors (Lipinski definition) is 2. The minimum Gasteiger partial charge on any atom is -0.486 e. The number of hydrogen-bond acceptors (Lipinski definition) is 5. The molecule has 0 spiro atoms. The molecule has 4 aromatic rings. The van der Waals surface area contributed by atoms with E-state index in [1.165, 1.54) is 5.56 Å². The molecule has 0 unspecified atom stereocenters. The average Bonchev–Trinajstić information content (AvgIpc) is 3.49. The molecule has 0 aliphatic rings. The number of anilines is 2. The van der Waals surface area contributed by atoms with Crippen LogP contribution in [0.5, 0.6) is 5.75 Å². The Balaban J connectivity index is 1.28. The minimum absolute atomic E-state index is 0.185. The molecule has 8 heteroatoms. The number of nitrogens with zero attached hydrogens (tertiary/aromatic N) is 2. The van der Waals surface area contributed by atoms with Crippen molar-refractivity contribution < 1.29 is 18.7 Å². The summed E-state index contributed by atoms with van der Waals surface area (Å²) in [5.74, 6) is 0.803. The number of rotatable bonds is 9. The molecule has 2 N–H and O–H groups in total. The average molecular weight is 459 g/mol. The third kappa shape index (κ3) is 5.92. The molecule has 174 valence electrons. The second kappa shape index (κ2) is 10.5. The monoisotopic (exact) mass is 458 g/mol. The Morgan fingerprint density at radius 1 is 0.912 bits per heavy atom. The van der Waals surface area contributed by atoms with Crippen molar-refractivity contribution in [2.45, 2.75) is 26.4 Å². The van der Waals surface area contributed by atoms with Crippen molar-refractivity contribution >= 4 is 23.2 Å². The largest absolute Gasteiger partial charge is 0.486 e. The number of benzene rings is 2. The highest BCUT2D eigenvalue weighted by Crippen LogP contribution is 2.18. The summed E-state index contributed by atoms with van der Waals surface area (Å²) in [6, 6.07) is 19.7. The molecule has 0 fully saturated rings. The highest BCUT2D eigenvalue weighted by Gasteiger charge is 2.13. The lowest BCUT2D eigenvalue weighted by atomic mass is 10.1. The molecule has 2 heterocycles. The number of ether oxygens (including phenoxy) is 1. The summed E-state index contributed by atoms with van der Waals surface area (Å²) in [6.07, 6.45) is 3.84. The van der Waals surface area contributed by atoms with Crippen LogP contribution in [0.25, 0.3) is 0 Å². The lowest BCUT2D eigenvalue weighted by Crippen LogP contribution is -2.13. The molecule has 0 aliphatic heterocycles. The van der Waals surface area contributed by atoms with Gasteiger partial charge in [0.2, 0.25) is 0 Å². The molecule has 2 amide bonds. The standard InChI is InChI=1S/C26H26N4O4/c1-3-4-18-5-11-21(12-6-18)33-17-22-13-14-24(34-22)26(32)28-20-9-7-19(8-10-20)27-25(31)23-15-16-30(2)29-23/h5-16H,3-4,17H2,1-2H3,(H,27,31)(H,28,32). The Labute approximate surface area is 197 Å². The fourth-order valence-electron chi connectivity index (χ4n) is 3.33. The van der Waals surface area contributed by atoms with Crippen LogP contribution in [0, 0.1) is 0 Å². The Bertz CT molecular complexity index is 1260. The fraction of sp³-hybridized carbons (Fsp3) is 0.192. The Kier molecular flexibility index (Phi) is 7.07. The maximum Gasteiger partial charge on any atom is 0.291 e. The molecule has 0 bridgehead atoms.